The summed E-state index contributed by atoms with van der Waals surface area (Å²) < 4.78 is 10.5. The first-order valence-electron chi connectivity index (χ1n) is 10.7. The second-order valence-corrected chi connectivity index (χ2v) is 9.30. The molecule has 3 aliphatic carbocycles. The number of hydrogen-bond acceptors (Lipinski definition) is 4. The van der Waals surface area contributed by atoms with Gasteiger partial charge in [-0.2, -0.15) is 0 Å². The molecule has 0 heterocycles. The molecule has 4 nitrogen and oxygen atoms in total. The lowest BCUT2D eigenvalue weighted by molar-refractivity contribution is -0.148. The highest BCUT2D eigenvalue weighted by atomic mass is 16.5. The van der Waals surface area contributed by atoms with Crippen molar-refractivity contribution in [2.24, 2.45) is 17.3 Å². The van der Waals surface area contributed by atoms with Gasteiger partial charge in [0.25, 0.3) is 0 Å². The van der Waals surface area contributed by atoms with Gasteiger partial charge in [0.15, 0.2) is 0 Å². The molecule has 0 bridgehead atoms. The Morgan fingerprint density at radius 2 is 1.93 bits per heavy atom. The number of methoxy groups -OCH3 is 1. The molecule has 5 unspecified atom stereocenters. The van der Waals surface area contributed by atoms with Crippen molar-refractivity contribution in [1.82, 2.24) is 0 Å². The summed E-state index contributed by atoms with van der Waals surface area (Å²) in [5.41, 5.74) is 6.10. The van der Waals surface area contributed by atoms with Crippen LogP contribution in [0.3, 0.4) is 0 Å². The average molecular weight is 385 g/mol. The topological polar surface area (TPSA) is 52.6 Å². The van der Waals surface area contributed by atoms with Gasteiger partial charge in [-0.05, 0) is 78.0 Å². The number of rotatable bonds is 3. The van der Waals surface area contributed by atoms with Crippen molar-refractivity contribution in [1.29, 1.82) is 0 Å². The number of benzene rings is 1. The Labute approximate surface area is 168 Å². The SMILES string of the molecule is COC(=O)C(C)C1CCC2c3ccc4c(c3CCC21C)CCC(OC(C)=O)C4. The standard InChI is InChI=1S/C24H32O4/c1-14(23(26)27-4)21-9-10-22-20-7-5-16-13-17(28-15(2)25)6-8-18(16)19(20)11-12-24(21,22)3/h5,7,14,17,21-22H,6,8-13H2,1-4H3. The van der Waals surface area contributed by atoms with Crippen molar-refractivity contribution in [3.05, 3.63) is 34.4 Å². The predicted octanol–water partition coefficient (Wildman–Crippen LogP) is 4.36. The fourth-order valence-electron chi connectivity index (χ4n) is 6.57. The lowest BCUT2D eigenvalue weighted by atomic mass is 9.60. The van der Waals surface area contributed by atoms with Gasteiger partial charge in [-0.1, -0.05) is 26.0 Å². The molecule has 0 saturated heterocycles. The molecule has 0 aliphatic heterocycles. The molecule has 0 aromatic heterocycles. The van der Waals surface area contributed by atoms with Crippen LogP contribution in [0, 0.1) is 17.3 Å². The van der Waals surface area contributed by atoms with Gasteiger partial charge < -0.3 is 9.47 Å². The first-order chi connectivity index (χ1) is 13.3. The van der Waals surface area contributed by atoms with Gasteiger partial charge in [-0.15, -0.1) is 0 Å². The van der Waals surface area contributed by atoms with Crippen LogP contribution in [0.2, 0.25) is 0 Å². The molecule has 5 atom stereocenters. The molecule has 0 spiro atoms. The maximum absolute atomic E-state index is 12.2. The number of ether oxygens (including phenoxy) is 2. The van der Waals surface area contributed by atoms with E-state index in [-0.39, 0.29) is 29.4 Å². The largest absolute Gasteiger partial charge is 0.469 e. The molecule has 4 heteroatoms. The summed E-state index contributed by atoms with van der Waals surface area (Å²) in [5, 5.41) is 0. The van der Waals surface area contributed by atoms with Crippen molar-refractivity contribution >= 4 is 11.9 Å². The monoisotopic (exact) mass is 384 g/mol. The van der Waals surface area contributed by atoms with E-state index in [9.17, 15) is 9.59 Å². The molecule has 1 aromatic rings. The first-order valence-corrected chi connectivity index (χ1v) is 10.7. The number of carbonyl (C=O) groups is 2. The zero-order chi connectivity index (χ0) is 20.1. The molecule has 28 heavy (non-hydrogen) atoms. The molecular formula is C24H32O4. The van der Waals surface area contributed by atoms with Crippen LogP contribution in [0.15, 0.2) is 12.1 Å². The van der Waals surface area contributed by atoms with E-state index >= 15 is 0 Å². The summed E-state index contributed by atoms with van der Waals surface area (Å²) in [4.78, 5) is 23.5. The van der Waals surface area contributed by atoms with Gasteiger partial charge in [0, 0.05) is 13.3 Å². The third-order valence-corrected chi connectivity index (χ3v) is 7.94. The number of esters is 2. The third-order valence-electron chi connectivity index (χ3n) is 7.94. The Bertz CT molecular complexity index is 798. The number of hydrogen-bond donors (Lipinski definition) is 0. The van der Waals surface area contributed by atoms with Crippen LogP contribution in [-0.2, 0) is 38.3 Å². The average Bonchev–Trinajstić information content (AvgIpc) is 3.03. The Hall–Kier alpha value is -1.84. The Kier molecular flexibility index (Phi) is 5.01. The number of carbonyl (C=O) groups excluding carboxylic acids is 2. The minimum Gasteiger partial charge on any atom is -0.469 e. The summed E-state index contributed by atoms with van der Waals surface area (Å²) in [5.74, 6) is 0.634. The summed E-state index contributed by atoms with van der Waals surface area (Å²) in [7, 11) is 1.50. The summed E-state index contributed by atoms with van der Waals surface area (Å²) in [6.45, 7) is 5.94. The van der Waals surface area contributed by atoms with Crippen LogP contribution >= 0.6 is 0 Å². The second kappa shape index (κ2) is 7.20. The summed E-state index contributed by atoms with van der Waals surface area (Å²) >= 11 is 0. The van der Waals surface area contributed by atoms with E-state index in [1.54, 1.807) is 5.56 Å². The fourth-order valence-corrected chi connectivity index (χ4v) is 6.57. The summed E-state index contributed by atoms with van der Waals surface area (Å²) in [6, 6.07) is 4.60. The van der Waals surface area contributed by atoms with Gasteiger partial charge in [0.05, 0.1) is 13.0 Å². The zero-order valence-corrected chi connectivity index (χ0v) is 17.5. The van der Waals surface area contributed by atoms with E-state index < -0.39 is 0 Å². The molecule has 0 radical (unpaired) electrons. The Balaban J connectivity index is 1.62. The fraction of sp³-hybridized carbons (Fsp3) is 0.667. The molecule has 4 rings (SSSR count). The Morgan fingerprint density at radius 1 is 1.14 bits per heavy atom. The molecule has 152 valence electrons. The smallest absolute Gasteiger partial charge is 0.308 e. The molecule has 0 amide bonds. The van der Waals surface area contributed by atoms with E-state index in [4.69, 9.17) is 9.47 Å². The Morgan fingerprint density at radius 3 is 2.64 bits per heavy atom. The quantitative estimate of drug-likeness (QED) is 0.727. The third kappa shape index (κ3) is 3.05. The van der Waals surface area contributed by atoms with Gasteiger partial charge in [-0.3, -0.25) is 9.59 Å². The van der Waals surface area contributed by atoms with Crippen LogP contribution in [-0.4, -0.2) is 25.2 Å². The molecular weight excluding hydrogens is 352 g/mol. The van der Waals surface area contributed by atoms with Crippen molar-refractivity contribution in [3.63, 3.8) is 0 Å². The second-order valence-electron chi connectivity index (χ2n) is 9.30. The van der Waals surface area contributed by atoms with Gasteiger partial charge in [0.2, 0.25) is 0 Å². The van der Waals surface area contributed by atoms with E-state index in [1.165, 1.54) is 30.7 Å². The molecule has 1 fully saturated rings. The lowest BCUT2D eigenvalue weighted by Crippen LogP contribution is -2.38. The highest BCUT2D eigenvalue weighted by Crippen LogP contribution is 2.61. The molecule has 1 aromatic carbocycles. The van der Waals surface area contributed by atoms with Crippen LogP contribution < -0.4 is 0 Å². The van der Waals surface area contributed by atoms with E-state index in [2.05, 4.69) is 19.1 Å². The van der Waals surface area contributed by atoms with Crippen LogP contribution in [0.25, 0.3) is 0 Å². The van der Waals surface area contributed by atoms with E-state index in [0.717, 1.165) is 44.9 Å². The van der Waals surface area contributed by atoms with Crippen molar-refractivity contribution < 1.29 is 19.1 Å². The highest BCUT2D eigenvalue weighted by Gasteiger charge is 2.52. The maximum atomic E-state index is 12.2. The van der Waals surface area contributed by atoms with Crippen molar-refractivity contribution in [2.45, 2.75) is 77.7 Å². The minimum absolute atomic E-state index is 0.0219. The van der Waals surface area contributed by atoms with E-state index in [1.807, 2.05) is 6.92 Å². The van der Waals surface area contributed by atoms with Crippen molar-refractivity contribution in [3.8, 4) is 0 Å². The maximum Gasteiger partial charge on any atom is 0.308 e. The van der Waals surface area contributed by atoms with Gasteiger partial charge in [0.1, 0.15) is 6.10 Å². The number of fused-ring (bicyclic) bond motifs is 5. The van der Waals surface area contributed by atoms with E-state index in [0.29, 0.717) is 11.8 Å². The normalized spacial score (nSPS) is 31.9. The van der Waals surface area contributed by atoms with Gasteiger partial charge >= 0.3 is 11.9 Å². The zero-order valence-electron chi connectivity index (χ0n) is 17.5. The van der Waals surface area contributed by atoms with Crippen LogP contribution in [0.4, 0.5) is 0 Å². The van der Waals surface area contributed by atoms with Crippen LogP contribution in [0.5, 0.6) is 0 Å². The lowest BCUT2D eigenvalue weighted by Gasteiger charge is -2.44. The van der Waals surface area contributed by atoms with Crippen molar-refractivity contribution in [2.75, 3.05) is 7.11 Å². The molecule has 3 aliphatic rings. The predicted molar refractivity (Wildman–Crippen MR) is 107 cm³/mol. The molecule has 1 saturated carbocycles. The first kappa shape index (κ1) is 19.5. The van der Waals surface area contributed by atoms with Crippen LogP contribution in [0.1, 0.15) is 74.6 Å². The van der Waals surface area contributed by atoms with Gasteiger partial charge in [-0.25, -0.2) is 0 Å². The molecule has 0 N–H and O–H groups in total. The summed E-state index contributed by atoms with van der Waals surface area (Å²) in [6.07, 6.45) is 7.27. The minimum atomic E-state index is -0.182. The highest BCUT2D eigenvalue weighted by molar-refractivity contribution is 5.72.